The molecule has 1 aliphatic heterocycles. The summed E-state index contributed by atoms with van der Waals surface area (Å²) in [6.07, 6.45) is -5.06. The van der Waals surface area contributed by atoms with E-state index in [-0.39, 0.29) is 16.7 Å². The fraction of sp³-hybridized carbons (Fsp3) is 0.368. The number of hydrogen-bond donors (Lipinski definition) is 1. The first-order valence-corrected chi connectivity index (χ1v) is 8.03. The van der Waals surface area contributed by atoms with E-state index in [1.165, 1.54) is 18.2 Å². The summed E-state index contributed by atoms with van der Waals surface area (Å²) in [5, 5.41) is 12.4. The summed E-state index contributed by atoms with van der Waals surface area (Å²) in [6, 6.07) is 6.92. The Kier molecular flexibility index (Phi) is 5.45. The van der Waals surface area contributed by atoms with Gasteiger partial charge >= 0.3 is 12.1 Å². The molecule has 138 valence electrons. The van der Waals surface area contributed by atoms with E-state index in [4.69, 9.17) is 4.74 Å². The van der Waals surface area contributed by atoms with Gasteiger partial charge in [0.25, 0.3) is 0 Å². The molecule has 0 fully saturated rings. The van der Waals surface area contributed by atoms with E-state index in [0.717, 1.165) is 6.07 Å². The number of benzene rings is 1. The molecule has 7 heteroatoms. The SMILES string of the molecule is CC1=C(C#N)C(c2ccccc2C(F)(F)F)C(C(=O)OC(C)C)=C(C)N1. The molecule has 0 spiro atoms. The maximum absolute atomic E-state index is 13.5. The first-order chi connectivity index (χ1) is 12.1. The third-order valence-corrected chi connectivity index (χ3v) is 4.02. The number of allylic oxidation sites excluding steroid dienone is 3. The highest BCUT2D eigenvalue weighted by atomic mass is 19.4. The molecule has 1 heterocycles. The zero-order valence-electron chi connectivity index (χ0n) is 14.9. The van der Waals surface area contributed by atoms with E-state index in [9.17, 15) is 23.2 Å². The normalized spacial score (nSPS) is 17.9. The van der Waals surface area contributed by atoms with Crippen LogP contribution in [-0.2, 0) is 15.7 Å². The first-order valence-electron chi connectivity index (χ1n) is 8.03. The molecule has 1 atom stereocenters. The highest BCUT2D eigenvalue weighted by Crippen LogP contribution is 2.43. The molecule has 0 saturated heterocycles. The zero-order valence-corrected chi connectivity index (χ0v) is 14.9. The molecule has 0 bridgehead atoms. The second-order valence-corrected chi connectivity index (χ2v) is 6.29. The van der Waals surface area contributed by atoms with Crippen molar-refractivity contribution in [2.45, 2.75) is 45.9 Å². The molecule has 1 aromatic carbocycles. The van der Waals surface area contributed by atoms with Crippen LogP contribution in [0.1, 0.15) is 44.7 Å². The second-order valence-electron chi connectivity index (χ2n) is 6.29. The van der Waals surface area contributed by atoms with Crippen LogP contribution >= 0.6 is 0 Å². The van der Waals surface area contributed by atoms with Crippen LogP contribution in [0.25, 0.3) is 0 Å². The quantitative estimate of drug-likeness (QED) is 0.807. The highest BCUT2D eigenvalue weighted by Gasteiger charge is 2.41. The van der Waals surface area contributed by atoms with Crippen molar-refractivity contribution in [2.24, 2.45) is 0 Å². The average molecular weight is 364 g/mol. The molecule has 1 aliphatic rings. The topological polar surface area (TPSA) is 62.1 Å². The van der Waals surface area contributed by atoms with Gasteiger partial charge < -0.3 is 10.1 Å². The molecular weight excluding hydrogens is 345 g/mol. The van der Waals surface area contributed by atoms with E-state index in [2.05, 4.69) is 5.32 Å². The van der Waals surface area contributed by atoms with Crippen molar-refractivity contribution < 1.29 is 22.7 Å². The minimum Gasteiger partial charge on any atom is -0.460 e. The van der Waals surface area contributed by atoms with Gasteiger partial charge in [0.15, 0.2) is 0 Å². The number of hydrogen-bond acceptors (Lipinski definition) is 4. The summed E-state index contributed by atoms with van der Waals surface area (Å²) < 4.78 is 45.8. The number of nitrogens with zero attached hydrogens (tertiary/aromatic N) is 1. The van der Waals surface area contributed by atoms with Crippen LogP contribution in [0.4, 0.5) is 13.2 Å². The van der Waals surface area contributed by atoms with Gasteiger partial charge in [0.05, 0.1) is 34.8 Å². The fourth-order valence-corrected chi connectivity index (χ4v) is 3.01. The van der Waals surface area contributed by atoms with Crippen LogP contribution < -0.4 is 5.32 Å². The van der Waals surface area contributed by atoms with Crippen molar-refractivity contribution in [3.63, 3.8) is 0 Å². The Morgan fingerprint density at radius 1 is 1.23 bits per heavy atom. The Morgan fingerprint density at radius 2 is 1.85 bits per heavy atom. The van der Waals surface area contributed by atoms with Gasteiger partial charge in [-0.25, -0.2) is 4.79 Å². The molecule has 0 saturated carbocycles. The average Bonchev–Trinajstić information content (AvgIpc) is 2.52. The van der Waals surface area contributed by atoms with Gasteiger partial charge in [-0.05, 0) is 39.3 Å². The summed E-state index contributed by atoms with van der Waals surface area (Å²) in [6.45, 7) is 6.47. The van der Waals surface area contributed by atoms with E-state index >= 15 is 0 Å². The van der Waals surface area contributed by atoms with Crippen molar-refractivity contribution in [3.05, 3.63) is 57.9 Å². The Hall–Kier alpha value is -2.75. The lowest BCUT2D eigenvalue weighted by atomic mass is 9.79. The number of carbonyl (C=O) groups excluding carboxylic acids is 1. The van der Waals surface area contributed by atoms with Crippen molar-refractivity contribution in [3.8, 4) is 6.07 Å². The minimum atomic E-state index is -4.61. The number of carbonyl (C=O) groups is 1. The fourth-order valence-electron chi connectivity index (χ4n) is 3.01. The predicted molar refractivity (Wildman–Crippen MR) is 89.6 cm³/mol. The molecule has 0 aromatic heterocycles. The summed E-state index contributed by atoms with van der Waals surface area (Å²) >= 11 is 0. The zero-order chi connectivity index (χ0) is 19.6. The predicted octanol–water partition coefficient (Wildman–Crippen LogP) is 4.42. The molecule has 1 aromatic rings. The minimum absolute atomic E-state index is 0.0116. The van der Waals surface area contributed by atoms with Crippen molar-refractivity contribution in [2.75, 3.05) is 0 Å². The van der Waals surface area contributed by atoms with Gasteiger partial charge in [0, 0.05) is 11.4 Å². The van der Waals surface area contributed by atoms with E-state index in [1.807, 2.05) is 6.07 Å². The molecular formula is C19H19F3N2O2. The van der Waals surface area contributed by atoms with Crippen molar-refractivity contribution in [1.82, 2.24) is 5.32 Å². The lowest BCUT2D eigenvalue weighted by molar-refractivity contribution is -0.143. The second kappa shape index (κ2) is 7.24. The van der Waals surface area contributed by atoms with Crippen molar-refractivity contribution in [1.29, 1.82) is 5.26 Å². The number of nitriles is 1. The third kappa shape index (κ3) is 3.74. The van der Waals surface area contributed by atoms with Gasteiger partial charge in [-0.2, -0.15) is 18.4 Å². The lowest BCUT2D eigenvalue weighted by Gasteiger charge is -2.30. The molecule has 26 heavy (non-hydrogen) atoms. The van der Waals surface area contributed by atoms with Gasteiger partial charge in [-0.1, -0.05) is 18.2 Å². The van der Waals surface area contributed by atoms with Crippen molar-refractivity contribution >= 4 is 5.97 Å². The van der Waals surface area contributed by atoms with Crippen LogP contribution in [0, 0.1) is 11.3 Å². The van der Waals surface area contributed by atoms with Gasteiger partial charge in [0.2, 0.25) is 0 Å². The number of ether oxygens (including phenoxy) is 1. The smallest absolute Gasteiger partial charge is 0.416 e. The lowest BCUT2D eigenvalue weighted by Crippen LogP contribution is -2.30. The maximum Gasteiger partial charge on any atom is 0.416 e. The maximum atomic E-state index is 13.5. The number of alkyl halides is 3. The summed E-state index contributed by atoms with van der Waals surface area (Å²) in [5.41, 5.74) is -0.176. The van der Waals surface area contributed by atoms with E-state index in [0.29, 0.717) is 11.4 Å². The summed E-state index contributed by atoms with van der Waals surface area (Å²) in [7, 11) is 0. The Morgan fingerprint density at radius 3 is 2.38 bits per heavy atom. The van der Waals surface area contributed by atoms with Gasteiger partial charge in [-0.3, -0.25) is 0 Å². The standard InChI is InChI=1S/C19H19F3N2O2/c1-10(2)26-18(25)16-12(4)24-11(3)14(9-23)17(16)13-7-5-6-8-15(13)19(20,21)22/h5-8,10,17,24H,1-4H3. The van der Waals surface area contributed by atoms with Crippen LogP contribution in [0.3, 0.4) is 0 Å². The summed E-state index contributed by atoms with van der Waals surface area (Å²) in [5.74, 6) is -1.89. The number of dihydropyridines is 1. The molecule has 1 N–H and O–H groups in total. The number of rotatable bonds is 3. The largest absolute Gasteiger partial charge is 0.460 e. The monoisotopic (exact) mass is 364 g/mol. The third-order valence-electron chi connectivity index (χ3n) is 4.02. The van der Waals surface area contributed by atoms with E-state index < -0.39 is 29.7 Å². The molecule has 0 radical (unpaired) electrons. The van der Waals surface area contributed by atoms with Crippen LogP contribution in [0.2, 0.25) is 0 Å². The molecule has 1 unspecified atom stereocenters. The first kappa shape index (κ1) is 19.6. The number of esters is 1. The Labute approximate surface area is 150 Å². The van der Waals surface area contributed by atoms with Gasteiger partial charge in [0.1, 0.15) is 0 Å². The summed E-state index contributed by atoms with van der Waals surface area (Å²) in [4.78, 5) is 12.6. The Balaban J connectivity index is 2.73. The highest BCUT2D eigenvalue weighted by molar-refractivity contribution is 5.93. The van der Waals surface area contributed by atoms with Crippen LogP contribution in [-0.4, -0.2) is 12.1 Å². The van der Waals surface area contributed by atoms with Crippen LogP contribution in [0.5, 0.6) is 0 Å². The number of halogens is 3. The molecule has 2 rings (SSSR count). The van der Waals surface area contributed by atoms with E-state index in [1.54, 1.807) is 27.7 Å². The van der Waals surface area contributed by atoms with Crippen LogP contribution in [0.15, 0.2) is 46.8 Å². The molecule has 0 amide bonds. The molecule has 4 nitrogen and oxygen atoms in total. The van der Waals surface area contributed by atoms with Gasteiger partial charge in [-0.15, -0.1) is 0 Å². The number of nitrogens with one attached hydrogen (secondary N) is 1. The Bertz CT molecular complexity index is 830. The molecule has 0 aliphatic carbocycles.